The summed E-state index contributed by atoms with van der Waals surface area (Å²) in [6.45, 7) is 4.81. The number of amides is 1. The minimum absolute atomic E-state index is 0.0597. The smallest absolute Gasteiger partial charge is 0.232 e. The van der Waals surface area contributed by atoms with E-state index in [-0.39, 0.29) is 24.8 Å². The second-order valence-corrected chi connectivity index (χ2v) is 10.1. The number of halogens is 1. The number of hydrogen-bond donors (Lipinski definition) is 1. The number of rotatable bonds is 9. The summed E-state index contributed by atoms with van der Waals surface area (Å²) in [6, 6.07) is 15.7. The number of carbonyl (C=O) groups is 1. The Morgan fingerprint density at radius 2 is 1.86 bits per heavy atom. The zero-order valence-corrected chi connectivity index (χ0v) is 19.5. The Hall–Kier alpha value is -1.61. The molecule has 0 aliphatic heterocycles. The Morgan fingerprint density at radius 3 is 2.46 bits per heavy atom. The molecular formula is C21H27IN2O3S. The highest BCUT2D eigenvalue weighted by atomic mass is 127. The lowest BCUT2D eigenvalue weighted by Crippen LogP contribution is -2.33. The largest absolute Gasteiger partial charge is 0.356 e. The van der Waals surface area contributed by atoms with Gasteiger partial charge in [0.15, 0.2) is 0 Å². The van der Waals surface area contributed by atoms with Gasteiger partial charge >= 0.3 is 0 Å². The van der Waals surface area contributed by atoms with Gasteiger partial charge in [-0.25, -0.2) is 8.42 Å². The summed E-state index contributed by atoms with van der Waals surface area (Å²) < 4.78 is 26.9. The lowest BCUT2D eigenvalue weighted by molar-refractivity contribution is -0.121. The summed E-state index contributed by atoms with van der Waals surface area (Å²) in [5, 5.41) is 2.94. The Morgan fingerprint density at radius 1 is 1.18 bits per heavy atom. The monoisotopic (exact) mass is 514 g/mol. The molecule has 0 saturated carbocycles. The van der Waals surface area contributed by atoms with E-state index in [0.717, 1.165) is 9.13 Å². The van der Waals surface area contributed by atoms with Crippen molar-refractivity contribution in [3.8, 4) is 0 Å². The molecule has 1 atom stereocenters. The maximum Gasteiger partial charge on any atom is 0.232 e. The quantitative estimate of drug-likeness (QED) is 0.514. The fraction of sp³-hybridized carbons (Fsp3) is 0.381. The molecule has 0 fully saturated rings. The molecule has 0 aliphatic carbocycles. The number of nitrogens with zero attached hydrogens (tertiary/aromatic N) is 1. The molecule has 28 heavy (non-hydrogen) atoms. The summed E-state index contributed by atoms with van der Waals surface area (Å²) in [5.74, 6) is 0.169. The summed E-state index contributed by atoms with van der Waals surface area (Å²) in [4.78, 5) is 12.2. The molecule has 152 valence electrons. The van der Waals surface area contributed by atoms with Crippen LogP contribution in [0.5, 0.6) is 0 Å². The van der Waals surface area contributed by atoms with E-state index in [4.69, 9.17) is 0 Å². The van der Waals surface area contributed by atoms with Gasteiger partial charge in [0.05, 0.1) is 11.9 Å². The number of sulfonamides is 1. The zero-order chi connectivity index (χ0) is 20.7. The van der Waals surface area contributed by atoms with Crippen LogP contribution in [0.15, 0.2) is 48.5 Å². The molecule has 0 spiro atoms. The Kier molecular flexibility index (Phi) is 8.30. The lowest BCUT2D eigenvalue weighted by atomic mass is 10.0. The molecule has 2 aromatic rings. The van der Waals surface area contributed by atoms with E-state index in [1.54, 1.807) is 0 Å². The van der Waals surface area contributed by atoms with E-state index < -0.39 is 10.0 Å². The highest BCUT2D eigenvalue weighted by Crippen LogP contribution is 2.24. The average Bonchev–Trinajstić information content (AvgIpc) is 2.64. The number of carbonyl (C=O) groups excluding carboxylic acids is 1. The number of benzene rings is 2. The molecule has 0 radical (unpaired) electrons. The third-order valence-electron chi connectivity index (χ3n) is 4.57. The van der Waals surface area contributed by atoms with E-state index >= 15 is 0 Å². The van der Waals surface area contributed by atoms with Crippen molar-refractivity contribution in [2.24, 2.45) is 0 Å². The van der Waals surface area contributed by atoms with Gasteiger partial charge in [0, 0.05) is 23.1 Å². The third kappa shape index (κ3) is 6.77. The highest BCUT2D eigenvalue weighted by Gasteiger charge is 2.19. The topological polar surface area (TPSA) is 66.5 Å². The molecule has 1 amide bonds. The third-order valence-corrected chi connectivity index (χ3v) is 6.42. The van der Waals surface area contributed by atoms with Crippen LogP contribution >= 0.6 is 22.6 Å². The molecule has 1 N–H and O–H groups in total. The fourth-order valence-corrected chi connectivity index (χ4v) is 4.67. The van der Waals surface area contributed by atoms with Crippen molar-refractivity contribution in [3.63, 3.8) is 0 Å². The van der Waals surface area contributed by atoms with Crippen LogP contribution in [0.3, 0.4) is 0 Å². The lowest BCUT2D eigenvalue weighted by Gasteiger charge is -2.24. The van der Waals surface area contributed by atoms with Gasteiger partial charge in [0.25, 0.3) is 0 Å². The van der Waals surface area contributed by atoms with Crippen LogP contribution in [0.2, 0.25) is 0 Å². The predicted octanol–water partition coefficient (Wildman–Crippen LogP) is 4.07. The van der Waals surface area contributed by atoms with Crippen LogP contribution in [-0.4, -0.2) is 33.7 Å². The van der Waals surface area contributed by atoms with Crippen LogP contribution in [0.1, 0.15) is 36.8 Å². The number of aryl methyl sites for hydroxylation is 1. The van der Waals surface area contributed by atoms with Crippen LogP contribution in [-0.2, 0) is 14.8 Å². The van der Waals surface area contributed by atoms with E-state index in [9.17, 15) is 13.2 Å². The first-order chi connectivity index (χ1) is 13.2. The average molecular weight is 514 g/mol. The minimum atomic E-state index is -3.41. The zero-order valence-electron chi connectivity index (χ0n) is 16.5. The predicted molar refractivity (Wildman–Crippen MR) is 123 cm³/mol. The first-order valence-electron chi connectivity index (χ1n) is 9.24. The van der Waals surface area contributed by atoms with Crippen molar-refractivity contribution in [1.82, 2.24) is 5.32 Å². The van der Waals surface area contributed by atoms with Crippen molar-refractivity contribution in [3.05, 3.63) is 63.2 Å². The van der Waals surface area contributed by atoms with Gasteiger partial charge in [-0.3, -0.25) is 9.10 Å². The van der Waals surface area contributed by atoms with Gasteiger partial charge in [0.1, 0.15) is 0 Å². The molecular weight excluding hydrogens is 487 g/mol. The second kappa shape index (κ2) is 10.2. The molecule has 2 rings (SSSR count). The molecule has 7 heteroatoms. The van der Waals surface area contributed by atoms with E-state index in [2.05, 4.69) is 34.8 Å². The first kappa shape index (κ1) is 22.7. The van der Waals surface area contributed by atoms with Gasteiger partial charge < -0.3 is 5.32 Å². The molecule has 0 heterocycles. The van der Waals surface area contributed by atoms with Crippen molar-refractivity contribution >= 4 is 44.2 Å². The van der Waals surface area contributed by atoms with Gasteiger partial charge in [-0.15, -0.1) is 0 Å². The van der Waals surface area contributed by atoms with E-state index in [0.29, 0.717) is 18.7 Å². The molecule has 0 bridgehead atoms. The van der Waals surface area contributed by atoms with Gasteiger partial charge in [-0.2, -0.15) is 0 Å². The van der Waals surface area contributed by atoms with Crippen molar-refractivity contribution in [1.29, 1.82) is 0 Å². The molecule has 0 unspecified atom stereocenters. The van der Waals surface area contributed by atoms with Crippen LogP contribution in [0.25, 0.3) is 0 Å². The summed E-state index contributed by atoms with van der Waals surface area (Å²) in [7, 11) is -3.41. The maximum atomic E-state index is 12.2. The Labute approximate surface area is 181 Å². The van der Waals surface area contributed by atoms with E-state index in [1.807, 2.05) is 55.5 Å². The number of anilines is 1. The van der Waals surface area contributed by atoms with Crippen LogP contribution in [0, 0.1) is 10.5 Å². The number of hydrogen-bond acceptors (Lipinski definition) is 3. The fourth-order valence-electron chi connectivity index (χ4n) is 3.00. The summed E-state index contributed by atoms with van der Waals surface area (Å²) in [5.41, 5.74) is 2.75. The minimum Gasteiger partial charge on any atom is -0.356 e. The van der Waals surface area contributed by atoms with Gasteiger partial charge in [-0.1, -0.05) is 37.3 Å². The van der Waals surface area contributed by atoms with Crippen LogP contribution < -0.4 is 9.62 Å². The van der Waals surface area contributed by atoms with Gasteiger partial charge in [-0.05, 0) is 71.2 Å². The Bertz CT molecular complexity index is 901. The molecule has 0 aliphatic rings. The Balaban J connectivity index is 1.89. The SMILES string of the molecule is Cc1cc(I)ccc1N(CCCC(=O)NC[C@H](C)c1ccccc1)S(C)(=O)=O. The second-order valence-electron chi connectivity index (χ2n) is 6.99. The van der Waals surface area contributed by atoms with Crippen molar-refractivity contribution < 1.29 is 13.2 Å². The maximum absolute atomic E-state index is 12.2. The van der Waals surface area contributed by atoms with Crippen molar-refractivity contribution in [2.45, 2.75) is 32.6 Å². The molecule has 2 aromatic carbocycles. The summed E-state index contributed by atoms with van der Waals surface area (Å²) >= 11 is 2.20. The standard InChI is InChI=1S/C21H27IN2O3S/c1-16-14-19(22)11-12-20(16)24(28(3,26)27)13-7-10-21(25)23-15-17(2)18-8-5-4-6-9-18/h4-6,8-9,11-12,14,17H,7,10,13,15H2,1-3H3,(H,23,25)/t17-/m0/s1. The number of nitrogens with one attached hydrogen (secondary N) is 1. The van der Waals surface area contributed by atoms with E-state index in [1.165, 1.54) is 16.1 Å². The molecule has 0 aromatic heterocycles. The van der Waals surface area contributed by atoms with Crippen molar-refractivity contribution in [2.75, 3.05) is 23.7 Å². The highest BCUT2D eigenvalue weighted by molar-refractivity contribution is 14.1. The normalized spacial score (nSPS) is 12.4. The van der Waals surface area contributed by atoms with Crippen LogP contribution in [0.4, 0.5) is 5.69 Å². The molecule has 5 nitrogen and oxygen atoms in total. The van der Waals surface area contributed by atoms with Gasteiger partial charge in [0.2, 0.25) is 15.9 Å². The molecule has 0 saturated heterocycles. The first-order valence-corrected chi connectivity index (χ1v) is 12.2. The summed E-state index contributed by atoms with van der Waals surface area (Å²) in [6.07, 6.45) is 1.95.